The molecule has 1 rings (SSSR count). The maximum absolute atomic E-state index is 10.6. The molecule has 2 unspecified atom stereocenters. The van der Waals surface area contributed by atoms with E-state index in [1.165, 1.54) is 0 Å². The molecule has 11 heavy (non-hydrogen) atoms. The number of aldehydes is 2. The molecule has 0 aromatic rings. The van der Waals surface area contributed by atoms with Crippen LogP contribution in [-0.4, -0.2) is 18.1 Å². The largest absolute Gasteiger partial charge is 0.370 e. The molecule has 0 radical (unpaired) electrons. The van der Waals surface area contributed by atoms with E-state index in [0.29, 0.717) is 5.70 Å². The average molecular weight is 153 g/mol. The Morgan fingerprint density at radius 2 is 2.27 bits per heavy atom. The monoisotopic (exact) mass is 153 g/mol. The van der Waals surface area contributed by atoms with E-state index in [1.807, 2.05) is 6.92 Å². The van der Waals surface area contributed by atoms with Gasteiger partial charge in [0.05, 0.1) is 11.2 Å². The molecule has 1 aliphatic heterocycles. The standard InChI is InChI=1S/C8H11NO2/c1-6-3-7(4-10)9-8(6,2)5-11/h3-6,9H,1-2H3. The Labute approximate surface area is 65.5 Å². The first-order valence-electron chi connectivity index (χ1n) is 3.54. The highest BCUT2D eigenvalue weighted by molar-refractivity contribution is 5.78. The zero-order chi connectivity index (χ0) is 8.48. The Bertz CT molecular complexity index is 222. The molecule has 1 N–H and O–H groups in total. The quantitative estimate of drug-likeness (QED) is 0.579. The third-order valence-corrected chi connectivity index (χ3v) is 2.16. The predicted molar refractivity (Wildman–Crippen MR) is 40.9 cm³/mol. The van der Waals surface area contributed by atoms with Gasteiger partial charge in [-0.05, 0) is 6.92 Å². The smallest absolute Gasteiger partial charge is 0.165 e. The Balaban J connectivity index is 2.83. The van der Waals surface area contributed by atoms with E-state index >= 15 is 0 Å². The minimum atomic E-state index is -0.587. The summed E-state index contributed by atoms with van der Waals surface area (Å²) in [7, 11) is 0. The summed E-state index contributed by atoms with van der Waals surface area (Å²) in [5.41, 5.74) is -0.0805. The fraction of sp³-hybridized carbons (Fsp3) is 0.500. The summed E-state index contributed by atoms with van der Waals surface area (Å²) in [6.45, 7) is 3.68. The molecule has 3 nitrogen and oxygen atoms in total. The molecule has 0 bridgehead atoms. The van der Waals surface area contributed by atoms with Crippen molar-refractivity contribution in [3.63, 3.8) is 0 Å². The highest BCUT2D eigenvalue weighted by Gasteiger charge is 2.34. The van der Waals surface area contributed by atoms with E-state index in [0.717, 1.165) is 12.6 Å². The molecule has 0 aromatic heterocycles. The molecular weight excluding hydrogens is 142 g/mol. The van der Waals surface area contributed by atoms with Crippen LogP contribution in [0.2, 0.25) is 0 Å². The van der Waals surface area contributed by atoms with E-state index < -0.39 is 5.54 Å². The van der Waals surface area contributed by atoms with Gasteiger partial charge in [-0.25, -0.2) is 0 Å². The van der Waals surface area contributed by atoms with Crippen molar-refractivity contribution in [2.75, 3.05) is 0 Å². The van der Waals surface area contributed by atoms with Crippen LogP contribution in [0.1, 0.15) is 13.8 Å². The van der Waals surface area contributed by atoms with Gasteiger partial charge in [0, 0.05) is 5.92 Å². The summed E-state index contributed by atoms with van der Waals surface area (Å²) in [4.78, 5) is 20.9. The Morgan fingerprint density at radius 3 is 2.55 bits per heavy atom. The second-order valence-electron chi connectivity index (χ2n) is 3.05. The lowest BCUT2D eigenvalue weighted by molar-refractivity contribution is -0.113. The van der Waals surface area contributed by atoms with Crippen LogP contribution in [0.4, 0.5) is 0 Å². The van der Waals surface area contributed by atoms with E-state index in [4.69, 9.17) is 0 Å². The number of nitrogens with one attached hydrogen (secondary N) is 1. The average Bonchev–Trinajstić information content (AvgIpc) is 2.29. The molecule has 0 saturated heterocycles. The van der Waals surface area contributed by atoms with Crippen molar-refractivity contribution in [3.8, 4) is 0 Å². The first kappa shape index (κ1) is 7.98. The third kappa shape index (κ3) is 1.18. The van der Waals surface area contributed by atoms with Crippen molar-refractivity contribution in [3.05, 3.63) is 11.8 Å². The number of hydrogen-bond donors (Lipinski definition) is 1. The molecule has 60 valence electrons. The third-order valence-electron chi connectivity index (χ3n) is 2.16. The molecule has 0 aliphatic carbocycles. The lowest BCUT2D eigenvalue weighted by atomic mass is 9.92. The van der Waals surface area contributed by atoms with E-state index in [2.05, 4.69) is 5.32 Å². The molecule has 0 fully saturated rings. The van der Waals surface area contributed by atoms with Gasteiger partial charge < -0.3 is 10.1 Å². The van der Waals surface area contributed by atoms with Crippen molar-refractivity contribution in [2.24, 2.45) is 5.92 Å². The molecule has 0 amide bonds. The van der Waals surface area contributed by atoms with Gasteiger partial charge in [-0.2, -0.15) is 0 Å². The summed E-state index contributed by atoms with van der Waals surface area (Å²) in [5, 5.41) is 2.84. The first-order valence-corrected chi connectivity index (χ1v) is 3.54. The predicted octanol–water partition coefficient (Wildman–Crippen LogP) is 0.266. The maximum Gasteiger partial charge on any atom is 0.165 e. The second-order valence-corrected chi connectivity index (χ2v) is 3.05. The summed E-state index contributed by atoms with van der Waals surface area (Å²) < 4.78 is 0. The molecule has 1 heterocycles. The van der Waals surface area contributed by atoms with Crippen LogP contribution in [0.5, 0.6) is 0 Å². The van der Waals surface area contributed by atoms with Gasteiger partial charge in [-0.1, -0.05) is 13.0 Å². The molecule has 3 heteroatoms. The minimum absolute atomic E-state index is 0.0835. The number of carbonyl (C=O) groups excluding carboxylic acids is 2. The van der Waals surface area contributed by atoms with Crippen LogP contribution in [0, 0.1) is 5.92 Å². The number of hydrogen-bond acceptors (Lipinski definition) is 3. The SMILES string of the molecule is CC1C=C(C=O)NC1(C)C=O. The van der Waals surface area contributed by atoms with E-state index in [9.17, 15) is 9.59 Å². The maximum atomic E-state index is 10.6. The Kier molecular flexibility index (Phi) is 1.81. The molecule has 2 atom stereocenters. The zero-order valence-corrected chi connectivity index (χ0v) is 6.63. The molecule has 0 aromatic carbocycles. The molecule has 1 aliphatic rings. The lowest BCUT2D eigenvalue weighted by Crippen LogP contribution is -2.43. The van der Waals surface area contributed by atoms with Gasteiger partial charge in [-0.15, -0.1) is 0 Å². The topological polar surface area (TPSA) is 46.2 Å². The normalized spacial score (nSPS) is 35.8. The number of carbonyl (C=O) groups is 2. The first-order chi connectivity index (χ1) is 5.12. The van der Waals surface area contributed by atoms with Crippen LogP contribution in [0.25, 0.3) is 0 Å². The van der Waals surface area contributed by atoms with Crippen LogP contribution < -0.4 is 5.32 Å². The summed E-state index contributed by atoms with van der Waals surface area (Å²) in [6, 6.07) is 0. The summed E-state index contributed by atoms with van der Waals surface area (Å²) in [6.07, 6.45) is 3.33. The van der Waals surface area contributed by atoms with E-state index in [1.54, 1.807) is 13.0 Å². The van der Waals surface area contributed by atoms with Gasteiger partial charge in [0.25, 0.3) is 0 Å². The van der Waals surface area contributed by atoms with Crippen molar-refractivity contribution >= 4 is 12.6 Å². The van der Waals surface area contributed by atoms with Gasteiger partial charge in [0.15, 0.2) is 6.29 Å². The Hall–Kier alpha value is -1.12. The van der Waals surface area contributed by atoms with Gasteiger partial charge in [0.2, 0.25) is 0 Å². The number of rotatable bonds is 2. The molecular formula is C8H11NO2. The molecule has 0 saturated carbocycles. The van der Waals surface area contributed by atoms with Gasteiger partial charge >= 0.3 is 0 Å². The highest BCUT2D eigenvalue weighted by atomic mass is 16.1. The summed E-state index contributed by atoms with van der Waals surface area (Å²) >= 11 is 0. The van der Waals surface area contributed by atoms with Crippen LogP contribution in [0.15, 0.2) is 11.8 Å². The summed E-state index contributed by atoms with van der Waals surface area (Å²) in [5.74, 6) is 0.0835. The number of allylic oxidation sites excluding steroid dienone is 1. The fourth-order valence-corrected chi connectivity index (χ4v) is 1.11. The van der Waals surface area contributed by atoms with Crippen LogP contribution in [0.3, 0.4) is 0 Å². The van der Waals surface area contributed by atoms with Crippen molar-refractivity contribution in [2.45, 2.75) is 19.4 Å². The Morgan fingerprint density at radius 1 is 1.64 bits per heavy atom. The fourth-order valence-electron chi connectivity index (χ4n) is 1.11. The minimum Gasteiger partial charge on any atom is -0.370 e. The van der Waals surface area contributed by atoms with Crippen molar-refractivity contribution in [1.82, 2.24) is 5.32 Å². The van der Waals surface area contributed by atoms with Crippen molar-refractivity contribution < 1.29 is 9.59 Å². The van der Waals surface area contributed by atoms with Crippen LogP contribution in [-0.2, 0) is 9.59 Å². The zero-order valence-electron chi connectivity index (χ0n) is 6.63. The van der Waals surface area contributed by atoms with Crippen LogP contribution >= 0.6 is 0 Å². The van der Waals surface area contributed by atoms with Gasteiger partial charge in [0.1, 0.15) is 6.29 Å². The lowest BCUT2D eigenvalue weighted by Gasteiger charge is -2.22. The van der Waals surface area contributed by atoms with Gasteiger partial charge in [-0.3, -0.25) is 4.79 Å². The second kappa shape index (κ2) is 2.49. The van der Waals surface area contributed by atoms with Crippen molar-refractivity contribution in [1.29, 1.82) is 0 Å². The van der Waals surface area contributed by atoms with E-state index in [-0.39, 0.29) is 5.92 Å². The molecule has 0 spiro atoms. The highest BCUT2D eigenvalue weighted by Crippen LogP contribution is 2.23.